The number of rotatable bonds is 5. The second kappa shape index (κ2) is 7.20. The van der Waals surface area contributed by atoms with E-state index in [-0.39, 0.29) is 30.2 Å². The van der Waals surface area contributed by atoms with Gasteiger partial charge in [-0.15, -0.1) is 5.10 Å². The number of nitrogens with zero attached hydrogens (tertiary/aromatic N) is 6. The van der Waals surface area contributed by atoms with E-state index in [4.69, 9.17) is 0 Å². The molecule has 1 aliphatic rings. The third kappa shape index (κ3) is 3.43. The summed E-state index contributed by atoms with van der Waals surface area (Å²) in [4.78, 5) is 28.4. The van der Waals surface area contributed by atoms with Gasteiger partial charge < -0.3 is 15.1 Å². The van der Waals surface area contributed by atoms with Gasteiger partial charge >= 0.3 is 0 Å². The van der Waals surface area contributed by atoms with Gasteiger partial charge in [-0.25, -0.2) is 4.68 Å². The summed E-state index contributed by atoms with van der Waals surface area (Å²) >= 11 is 0. The molecule has 0 saturated carbocycles. The van der Waals surface area contributed by atoms with Crippen molar-refractivity contribution in [1.82, 2.24) is 25.5 Å². The zero-order chi connectivity index (χ0) is 18.8. The molecule has 0 saturated heterocycles. The van der Waals surface area contributed by atoms with Gasteiger partial charge in [0.15, 0.2) is 0 Å². The minimum Gasteiger partial charge on any atom is -0.314 e. The smallest absolute Gasteiger partial charge is 0.297 e. The second-order valence-electron chi connectivity index (χ2n) is 6.63. The van der Waals surface area contributed by atoms with Crippen LogP contribution in [0.1, 0.15) is 30.0 Å². The van der Waals surface area contributed by atoms with Crippen molar-refractivity contribution in [3.8, 4) is 0 Å². The number of aromatic nitrogens is 4. The van der Waals surface area contributed by atoms with Gasteiger partial charge in [0.05, 0.1) is 6.54 Å². The Morgan fingerprint density at radius 2 is 2.12 bits per heavy atom. The molecule has 0 radical (unpaired) electrons. The minimum atomic E-state index is -0.246. The van der Waals surface area contributed by atoms with Gasteiger partial charge in [-0.3, -0.25) is 9.59 Å². The van der Waals surface area contributed by atoms with Crippen LogP contribution in [0.2, 0.25) is 0 Å². The molecule has 1 N–H and O–H groups in total. The fourth-order valence-electron chi connectivity index (χ4n) is 2.87. The van der Waals surface area contributed by atoms with Crippen molar-refractivity contribution in [2.75, 3.05) is 29.9 Å². The molecule has 1 aliphatic heterocycles. The summed E-state index contributed by atoms with van der Waals surface area (Å²) in [5, 5.41) is 14.2. The first-order valence-electron chi connectivity index (χ1n) is 8.55. The van der Waals surface area contributed by atoms with Crippen LogP contribution in [0.3, 0.4) is 0 Å². The largest absolute Gasteiger partial charge is 0.314 e. The predicted octanol–water partition coefficient (Wildman–Crippen LogP) is 0.374. The van der Waals surface area contributed by atoms with Crippen LogP contribution in [0.15, 0.2) is 18.2 Å². The standard InChI is InChI=1S/C17H23N7O2/c1-11(2)18-10-15(25)22(3)13-6-5-12-7-8-24(14(12)9-13)17(26)16-19-20-21-23(16)4/h5-6,9,11,18H,7-8,10H2,1-4H3. The highest BCUT2D eigenvalue weighted by Crippen LogP contribution is 2.32. The lowest BCUT2D eigenvalue weighted by Crippen LogP contribution is -2.38. The molecule has 0 unspecified atom stereocenters. The van der Waals surface area contributed by atoms with Crippen molar-refractivity contribution in [2.24, 2.45) is 7.05 Å². The molecule has 2 heterocycles. The van der Waals surface area contributed by atoms with E-state index in [1.165, 1.54) is 4.68 Å². The van der Waals surface area contributed by atoms with Crippen molar-refractivity contribution < 1.29 is 9.59 Å². The summed E-state index contributed by atoms with van der Waals surface area (Å²) in [6.45, 7) is 4.82. The SMILES string of the molecule is CC(C)NCC(=O)N(C)c1ccc2c(c1)N(C(=O)c1nnnn1C)CC2. The average Bonchev–Trinajstić information content (AvgIpc) is 3.23. The maximum absolute atomic E-state index is 12.8. The summed E-state index contributed by atoms with van der Waals surface area (Å²) in [5.41, 5.74) is 2.61. The molecule has 0 bridgehead atoms. The zero-order valence-corrected chi connectivity index (χ0v) is 15.4. The highest BCUT2D eigenvalue weighted by Gasteiger charge is 2.29. The first-order chi connectivity index (χ1) is 12.4. The number of likely N-dealkylation sites (N-methyl/N-ethyl adjacent to an activating group) is 1. The molecule has 3 rings (SSSR count). The third-order valence-electron chi connectivity index (χ3n) is 4.44. The molecule has 0 fully saturated rings. The minimum absolute atomic E-state index is 0.0352. The van der Waals surface area contributed by atoms with Crippen LogP contribution >= 0.6 is 0 Å². The summed E-state index contributed by atoms with van der Waals surface area (Å²) < 4.78 is 1.36. The van der Waals surface area contributed by atoms with Gasteiger partial charge in [-0.05, 0) is 34.5 Å². The van der Waals surface area contributed by atoms with E-state index in [1.54, 1.807) is 23.9 Å². The van der Waals surface area contributed by atoms with Gasteiger partial charge in [-0.1, -0.05) is 19.9 Å². The molecule has 138 valence electrons. The highest BCUT2D eigenvalue weighted by atomic mass is 16.2. The fourth-order valence-corrected chi connectivity index (χ4v) is 2.87. The van der Waals surface area contributed by atoms with E-state index in [2.05, 4.69) is 20.8 Å². The van der Waals surface area contributed by atoms with Crippen molar-refractivity contribution in [3.05, 3.63) is 29.6 Å². The van der Waals surface area contributed by atoms with E-state index in [0.29, 0.717) is 6.54 Å². The normalized spacial score (nSPS) is 13.2. The van der Waals surface area contributed by atoms with Crippen molar-refractivity contribution in [2.45, 2.75) is 26.3 Å². The van der Waals surface area contributed by atoms with E-state index in [9.17, 15) is 9.59 Å². The number of aryl methyl sites for hydroxylation is 1. The Morgan fingerprint density at radius 3 is 2.77 bits per heavy atom. The molecular weight excluding hydrogens is 334 g/mol. The van der Waals surface area contributed by atoms with Gasteiger partial charge in [0.1, 0.15) is 0 Å². The van der Waals surface area contributed by atoms with Gasteiger partial charge in [-0.2, -0.15) is 0 Å². The third-order valence-corrected chi connectivity index (χ3v) is 4.44. The van der Waals surface area contributed by atoms with Crippen LogP contribution in [-0.2, 0) is 18.3 Å². The van der Waals surface area contributed by atoms with Crippen LogP contribution in [0.4, 0.5) is 11.4 Å². The number of hydrogen-bond donors (Lipinski definition) is 1. The summed E-state index contributed by atoms with van der Waals surface area (Å²) in [6, 6.07) is 5.98. The van der Waals surface area contributed by atoms with Crippen LogP contribution in [0, 0.1) is 0 Å². The van der Waals surface area contributed by atoms with Crippen molar-refractivity contribution in [3.63, 3.8) is 0 Å². The molecule has 2 amide bonds. The maximum atomic E-state index is 12.8. The maximum Gasteiger partial charge on any atom is 0.297 e. The number of anilines is 2. The number of benzene rings is 1. The van der Waals surface area contributed by atoms with E-state index in [0.717, 1.165) is 23.4 Å². The van der Waals surface area contributed by atoms with E-state index in [1.807, 2.05) is 32.0 Å². The number of tetrazole rings is 1. The molecule has 9 nitrogen and oxygen atoms in total. The first kappa shape index (κ1) is 18.0. The first-order valence-corrected chi connectivity index (χ1v) is 8.55. The van der Waals surface area contributed by atoms with Crippen LogP contribution in [-0.4, -0.2) is 58.2 Å². The number of carbonyl (C=O) groups is 2. The predicted molar refractivity (Wildman–Crippen MR) is 97.2 cm³/mol. The quantitative estimate of drug-likeness (QED) is 0.831. The lowest BCUT2D eigenvalue weighted by molar-refractivity contribution is -0.117. The number of carbonyl (C=O) groups excluding carboxylic acids is 2. The molecule has 2 aromatic rings. The number of hydrogen-bond acceptors (Lipinski definition) is 6. The Labute approximate surface area is 152 Å². The Morgan fingerprint density at radius 1 is 1.35 bits per heavy atom. The molecule has 26 heavy (non-hydrogen) atoms. The van der Waals surface area contributed by atoms with Gasteiger partial charge in [0.2, 0.25) is 11.7 Å². The molecule has 1 aromatic heterocycles. The highest BCUT2D eigenvalue weighted by molar-refractivity contribution is 6.05. The lowest BCUT2D eigenvalue weighted by atomic mass is 10.1. The van der Waals surface area contributed by atoms with E-state index >= 15 is 0 Å². The van der Waals surface area contributed by atoms with Crippen LogP contribution < -0.4 is 15.1 Å². The average molecular weight is 357 g/mol. The summed E-state index contributed by atoms with van der Waals surface area (Å²) in [6.07, 6.45) is 0.763. The summed E-state index contributed by atoms with van der Waals surface area (Å²) in [5.74, 6) is -0.0929. The Balaban J connectivity index is 1.82. The molecule has 0 atom stereocenters. The topological polar surface area (TPSA) is 96.2 Å². The Bertz CT molecular complexity index is 830. The summed E-state index contributed by atoms with van der Waals surface area (Å²) in [7, 11) is 3.37. The van der Waals surface area contributed by atoms with Gasteiger partial charge in [0, 0.05) is 38.1 Å². The Kier molecular flexibility index (Phi) is 4.99. The zero-order valence-electron chi connectivity index (χ0n) is 15.4. The van der Waals surface area contributed by atoms with E-state index < -0.39 is 0 Å². The molecule has 1 aromatic carbocycles. The van der Waals surface area contributed by atoms with Crippen LogP contribution in [0.5, 0.6) is 0 Å². The van der Waals surface area contributed by atoms with Crippen molar-refractivity contribution >= 4 is 23.2 Å². The lowest BCUT2D eigenvalue weighted by Gasteiger charge is -2.21. The molecular formula is C17H23N7O2. The molecule has 9 heteroatoms. The number of amides is 2. The molecule has 0 spiro atoms. The van der Waals surface area contributed by atoms with Crippen LogP contribution in [0.25, 0.3) is 0 Å². The molecule has 0 aliphatic carbocycles. The van der Waals surface area contributed by atoms with Crippen molar-refractivity contribution in [1.29, 1.82) is 0 Å². The monoisotopic (exact) mass is 357 g/mol. The second-order valence-corrected chi connectivity index (χ2v) is 6.63. The fraction of sp³-hybridized carbons (Fsp3) is 0.471. The Hall–Kier alpha value is -2.81. The number of fused-ring (bicyclic) bond motifs is 1. The van der Waals surface area contributed by atoms with Gasteiger partial charge in [0.25, 0.3) is 5.91 Å². The number of nitrogens with one attached hydrogen (secondary N) is 1.